The van der Waals surface area contributed by atoms with Gasteiger partial charge in [0.25, 0.3) is 0 Å². The molecule has 1 atom stereocenters. The molecule has 0 bridgehead atoms. The highest BCUT2D eigenvalue weighted by Crippen LogP contribution is 2.23. The van der Waals surface area contributed by atoms with Crippen molar-refractivity contribution in [2.45, 2.75) is 38.3 Å². The van der Waals surface area contributed by atoms with Gasteiger partial charge in [0.1, 0.15) is 11.9 Å². The van der Waals surface area contributed by atoms with Crippen molar-refractivity contribution in [1.82, 2.24) is 4.90 Å². The third-order valence-electron chi connectivity index (χ3n) is 3.70. The summed E-state index contributed by atoms with van der Waals surface area (Å²) < 4.78 is 31.9. The van der Waals surface area contributed by atoms with E-state index in [-0.39, 0.29) is 30.2 Å². The number of benzene rings is 1. The third kappa shape index (κ3) is 4.55. The number of amides is 1. The van der Waals surface area contributed by atoms with Gasteiger partial charge in [0.05, 0.1) is 6.04 Å². The van der Waals surface area contributed by atoms with Crippen LogP contribution in [0.4, 0.5) is 8.78 Å². The standard InChI is InChI=1S/C15H20F2N2O2.ClH/c1-2-13(18)15(20)19-7-5-11(6-8-19)21-14-4-3-10(16)9-12(14)17;/h3-4,9,11,13H,2,5-8,18H2,1H3;1H/t13-;/m0./s1. The van der Waals surface area contributed by atoms with Gasteiger partial charge in [-0.2, -0.15) is 0 Å². The van der Waals surface area contributed by atoms with Crippen LogP contribution >= 0.6 is 12.4 Å². The molecule has 0 unspecified atom stereocenters. The van der Waals surface area contributed by atoms with Crippen LogP contribution in [0.2, 0.25) is 0 Å². The molecule has 2 rings (SSSR count). The van der Waals surface area contributed by atoms with Crippen molar-refractivity contribution < 1.29 is 18.3 Å². The molecule has 1 heterocycles. The molecule has 7 heteroatoms. The maximum absolute atomic E-state index is 13.5. The van der Waals surface area contributed by atoms with Crippen molar-refractivity contribution in [2.75, 3.05) is 13.1 Å². The lowest BCUT2D eigenvalue weighted by atomic mass is 10.1. The predicted octanol–water partition coefficient (Wildman–Crippen LogP) is 2.49. The Morgan fingerprint density at radius 1 is 1.41 bits per heavy atom. The minimum absolute atomic E-state index is 0. The molecule has 1 aromatic rings. The van der Waals surface area contributed by atoms with E-state index in [2.05, 4.69) is 0 Å². The zero-order valence-corrected chi connectivity index (χ0v) is 13.2. The van der Waals surface area contributed by atoms with E-state index in [0.717, 1.165) is 12.1 Å². The monoisotopic (exact) mass is 334 g/mol. The molecule has 2 N–H and O–H groups in total. The largest absolute Gasteiger partial charge is 0.487 e. The van der Waals surface area contributed by atoms with E-state index in [1.807, 2.05) is 6.92 Å². The Morgan fingerprint density at radius 2 is 2.05 bits per heavy atom. The smallest absolute Gasteiger partial charge is 0.239 e. The second kappa shape index (κ2) is 8.29. The van der Waals surface area contributed by atoms with Gasteiger partial charge in [-0.25, -0.2) is 8.78 Å². The Labute approximate surface area is 135 Å². The fourth-order valence-electron chi connectivity index (χ4n) is 2.35. The Morgan fingerprint density at radius 3 is 2.59 bits per heavy atom. The lowest BCUT2D eigenvalue weighted by molar-refractivity contribution is -0.134. The number of carbonyl (C=O) groups excluding carboxylic acids is 1. The van der Waals surface area contributed by atoms with Crippen LogP contribution in [0.25, 0.3) is 0 Å². The molecule has 0 radical (unpaired) electrons. The van der Waals surface area contributed by atoms with E-state index in [9.17, 15) is 13.6 Å². The molecule has 0 aliphatic carbocycles. The summed E-state index contributed by atoms with van der Waals surface area (Å²) in [6.07, 6.45) is 1.65. The molecule has 0 spiro atoms. The first-order valence-electron chi connectivity index (χ1n) is 7.17. The van der Waals surface area contributed by atoms with Crippen LogP contribution in [0.15, 0.2) is 18.2 Å². The number of piperidine rings is 1. The van der Waals surface area contributed by atoms with E-state index in [1.165, 1.54) is 6.07 Å². The fraction of sp³-hybridized carbons (Fsp3) is 0.533. The van der Waals surface area contributed by atoms with Gasteiger partial charge in [-0.15, -0.1) is 12.4 Å². The summed E-state index contributed by atoms with van der Waals surface area (Å²) in [5, 5.41) is 0. The summed E-state index contributed by atoms with van der Waals surface area (Å²) in [6, 6.07) is 2.79. The first-order valence-corrected chi connectivity index (χ1v) is 7.17. The van der Waals surface area contributed by atoms with Gasteiger partial charge in [-0.1, -0.05) is 6.92 Å². The summed E-state index contributed by atoms with van der Waals surface area (Å²) in [5.41, 5.74) is 5.73. The highest BCUT2D eigenvalue weighted by Gasteiger charge is 2.26. The molecule has 1 saturated heterocycles. The molecule has 1 amide bonds. The highest BCUT2D eigenvalue weighted by molar-refractivity contribution is 5.85. The van der Waals surface area contributed by atoms with E-state index in [4.69, 9.17) is 10.5 Å². The lowest BCUT2D eigenvalue weighted by Crippen LogP contribution is -2.48. The second-order valence-corrected chi connectivity index (χ2v) is 5.23. The summed E-state index contributed by atoms with van der Waals surface area (Å²) in [6.45, 7) is 2.95. The van der Waals surface area contributed by atoms with Crippen molar-refractivity contribution >= 4 is 18.3 Å². The number of nitrogens with zero attached hydrogens (tertiary/aromatic N) is 1. The molecule has 0 saturated carbocycles. The summed E-state index contributed by atoms with van der Waals surface area (Å²) >= 11 is 0. The van der Waals surface area contributed by atoms with Gasteiger partial charge in [-0.05, 0) is 18.6 Å². The van der Waals surface area contributed by atoms with Crippen LogP contribution in [0, 0.1) is 11.6 Å². The number of halogens is 3. The number of carbonyl (C=O) groups is 1. The molecule has 124 valence electrons. The number of likely N-dealkylation sites (tertiary alicyclic amines) is 1. The van der Waals surface area contributed by atoms with Gasteiger partial charge < -0.3 is 15.4 Å². The maximum Gasteiger partial charge on any atom is 0.239 e. The first kappa shape index (κ1) is 18.6. The molecule has 4 nitrogen and oxygen atoms in total. The predicted molar refractivity (Wildman–Crippen MR) is 82.1 cm³/mol. The first-order chi connectivity index (χ1) is 10.0. The number of hydrogen-bond acceptors (Lipinski definition) is 3. The quantitative estimate of drug-likeness (QED) is 0.920. The van der Waals surface area contributed by atoms with E-state index in [0.29, 0.717) is 32.4 Å². The molecule has 1 aliphatic heterocycles. The molecular weight excluding hydrogens is 314 g/mol. The van der Waals surface area contributed by atoms with Crippen molar-refractivity contribution in [3.63, 3.8) is 0 Å². The minimum Gasteiger partial charge on any atom is -0.487 e. The van der Waals surface area contributed by atoms with Gasteiger partial charge in [0, 0.05) is 32.0 Å². The van der Waals surface area contributed by atoms with E-state index in [1.54, 1.807) is 4.90 Å². The average Bonchev–Trinajstić information content (AvgIpc) is 2.49. The van der Waals surface area contributed by atoms with Crippen LogP contribution < -0.4 is 10.5 Å². The van der Waals surface area contributed by atoms with E-state index >= 15 is 0 Å². The van der Waals surface area contributed by atoms with Gasteiger partial charge in [0.2, 0.25) is 5.91 Å². The second-order valence-electron chi connectivity index (χ2n) is 5.23. The minimum atomic E-state index is -0.707. The highest BCUT2D eigenvalue weighted by atomic mass is 35.5. The van der Waals surface area contributed by atoms with Gasteiger partial charge in [0.15, 0.2) is 11.6 Å². The Bertz CT molecular complexity index is 508. The lowest BCUT2D eigenvalue weighted by Gasteiger charge is -2.33. The van der Waals surface area contributed by atoms with Crippen molar-refractivity contribution in [1.29, 1.82) is 0 Å². The number of hydrogen-bond donors (Lipinski definition) is 1. The van der Waals surface area contributed by atoms with Crippen LogP contribution in [0.3, 0.4) is 0 Å². The maximum atomic E-state index is 13.5. The van der Waals surface area contributed by atoms with Crippen LogP contribution in [0.1, 0.15) is 26.2 Å². The molecule has 1 aromatic carbocycles. The van der Waals surface area contributed by atoms with Crippen molar-refractivity contribution in [2.24, 2.45) is 5.73 Å². The Hall–Kier alpha value is -1.40. The van der Waals surface area contributed by atoms with Crippen LogP contribution in [-0.4, -0.2) is 36.0 Å². The Balaban J connectivity index is 0.00000242. The number of ether oxygens (including phenoxy) is 1. The van der Waals surface area contributed by atoms with Gasteiger partial charge in [-0.3, -0.25) is 4.79 Å². The van der Waals surface area contributed by atoms with Crippen LogP contribution in [0.5, 0.6) is 5.75 Å². The summed E-state index contributed by atoms with van der Waals surface area (Å²) in [5.74, 6) is -1.34. The molecule has 1 aliphatic rings. The molecule has 1 fully saturated rings. The zero-order chi connectivity index (χ0) is 15.4. The van der Waals surface area contributed by atoms with Crippen LogP contribution in [-0.2, 0) is 4.79 Å². The summed E-state index contributed by atoms with van der Waals surface area (Å²) in [4.78, 5) is 13.7. The summed E-state index contributed by atoms with van der Waals surface area (Å²) in [7, 11) is 0. The fourth-order valence-corrected chi connectivity index (χ4v) is 2.35. The number of rotatable bonds is 4. The SMILES string of the molecule is CC[C@H](N)C(=O)N1CCC(Oc2ccc(F)cc2F)CC1.Cl. The molecular formula is C15H21ClF2N2O2. The number of nitrogens with two attached hydrogens (primary N) is 1. The van der Waals surface area contributed by atoms with Crippen molar-refractivity contribution in [3.8, 4) is 5.75 Å². The van der Waals surface area contributed by atoms with Gasteiger partial charge >= 0.3 is 0 Å². The Kier molecular flexibility index (Phi) is 7.03. The molecule has 0 aromatic heterocycles. The molecule has 22 heavy (non-hydrogen) atoms. The third-order valence-corrected chi connectivity index (χ3v) is 3.70. The zero-order valence-electron chi connectivity index (χ0n) is 12.4. The topological polar surface area (TPSA) is 55.6 Å². The normalized spacial score (nSPS) is 16.8. The average molecular weight is 335 g/mol. The van der Waals surface area contributed by atoms with Crippen molar-refractivity contribution in [3.05, 3.63) is 29.8 Å². The van der Waals surface area contributed by atoms with E-state index < -0.39 is 17.7 Å².